The zero-order valence-corrected chi connectivity index (χ0v) is 11.7. The molecule has 3 heteroatoms. The van der Waals surface area contributed by atoms with Crippen LogP contribution in [0.3, 0.4) is 0 Å². The number of nitrogens with two attached hydrogens (primary N) is 1. The van der Waals surface area contributed by atoms with Crippen LogP contribution in [0.15, 0.2) is 0 Å². The molecule has 0 bridgehead atoms. The van der Waals surface area contributed by atoms with E-state index < -0.39 is 5.54 Å². The smallest absolute Gasteiger partial charge is 0.0608 e. The summed E-state index contributed by atoms with van der Waals surface area (Å²) in [7, 11) is 2.17. The molecule has 1 unspecified atom stereocenters. The van der Waals surface area contributed by atoms with Crippen LogP contribution in [-0.2, 0) is 0 Å². The van der Waals surface area contributed by atoms with Crippen LogP contribution in [-0.4, -0.2) is 42.3 Å². The maximum absolute atomic E-state index is 9.02. The molecule has 0 saturated heterocycles. The third-order valence-corrected chi connectivity index (χ3v) is 2.64. The summed E-state index contributed by atoms with van der Waals surface area (Å²) in [6.45, 7) is 11.0. The van der Waals surface area contributed by atoms with E-state index in [9.17, 15) is 0 Å². The normalized spacial score (nSPS) is 16.5. The molecule has 0 aromatic carbocycles. The maximum atomic E-state index is 9.02. The highest BCUT2D eigenvalue weighted by Crippen LogP contribution is 2.15. The number of rotatable bonds is 7. The predicted octanol–water partition coefficient (Wildman–Crippen LogP) is 1.84. The van der Waals surface area contributed by atoms with E-state index in [1.54, 1.807) is 0 Å². The lowest BCUT2D eigenvalue weighted by Crippen LogP contribution is -2.40. The highest BCUT2D eigenvalue weighted by Gasteiger charge is 2.16. The summed E-state index contributed by atoms with van der Waals surface area (Å²) in [5.41, 5.74) is 5.83. The number of hydrogen-bond donors (Lipinski definition) is 2. The molecule has 1 atom stereocenters. The molecule has 0 aliphatic carbocycles. The zero-order valence-electron chi connectivity index (χ0n) is 11.7. The van der Waals surface area contributed by atoms with Crippen LogP contribution < -0.4 is 5.73 Å². The van der Waals surface area contributed by atoms with Crippen molar-refractivity contribution in [3.8, 4) is 0 Å². The lowest BCUT2D eigenvalue weighted by atomic mass is 9.95. The minimum absolute atomic E-state index is 0.0742. The van der Waals surface area contributed by atoms with Gasteiger partial charge in [-0.1, -0.05) is 27.2 Å². The van der Waals surface area contributed by atoms with Gasteiger partial charge in [-0.15, -0.1) is 0 Å². The first-order chi connectivity index (χ1) is 7.16. The second-order valence-electron chi connectivity index (χ2n) is 6.57. The lowest BCUT2D eigenvalue weighted by molar-refractivity contribution is 0.190. The summed E-state index contributed by atoms with van der Waals surface area (Å²) in [5, 5.41) is 9.02. The van der Waals surface area contributed by atoms with E-state index in [1.807, 2.05) is 6.92 Å². The Labute approximate surface area is 101 Å². The molecule has 0 aliphatic rings. The first kappa shape index (κ1) is 15.9. The molecule has 16 heavy (non-hydrogen) atoms. The zero-order chi connectivity index (χ0) is 12.8. The SMILES string of the molecule is CN(CCCCC(C)(N)CO)CC(C)(C)C. The summed E-state index contributed by atoms with van der Waals surface area (Å²) in [5.74, 6) is 0. The van der Waals surface area contributed by atoms with Gasteiger partial charge in [0.2, 0.25) is 0 Å². The summed E-state index contributed by atoms with van der Waals surface area (Å²) < 4.78 is 0. The van der Waals surface area contributed by atoms with Gasteiger partial charge in [-0.3, -0.25) is 0 Å². The van der Waals surface area contributed by atoms with E-state index in [0.717, 1.165) is 32.4 Å². The molecule has 0 aromatic heterocycles. The first-order valence-corrected chi connectivity index (χ1v) is 6.25. The van der Waals surface area contributed by atoms with Gasteiger partial charge < -0.3 is 15.7 Å². The molecular formula is C13H30N2O. The summed E-state index contributed by atoms with van der Waals surface area (Å²) in [6, 6.07) is 0. The Kier molecular flexibility index (Phi) is 6.53. The average molecular weight is 230 g/mol. The number of aliphatic hydroxyl groups is 1. The minimum Gasteiger partial charge on any atom is -0.394 e. The third-order valence-electron chi connectivity index (χ3n) is 2.64. The van der Waals surface area contributed by atoms with Crippen molar-refractivity contribution in [2.24, 2.45) is 11.1 Å². The van der Waals surface area contributed by atoms with E-state index >= 15 is 0 Å². The Morgan fingerprint density at radius 2 is 1.69 bits per heavy atom. The Balaban J connectivity index is 3.60. The molecule has 0 aliphatic heterocycles. The van der Waals surface area contributed by atoms with E-state index in [1.165, 1.54) is 0 Å². The van der Waals surface area contributed by atoms with Gasteiger partial charge in [0.25, 0.3) is 0 Å². The van der Waals surface area contributed by atoms with Crippen molar-refractivity contribution < 1.29 is 5.11 Å². The molecule has 0 heterocycles. The summed E-state index contributed by atoms with van der Waals surface area (Å²) >= 11 is 0. The van der Waals surface area contributed by atoms with Crippen LogP contribution in [0, 0.1) is 5.41 Å². The van der Waals surface area contributed by atoms with Crippen LogP contribution in [0.25, 0.3) is 0 Å². The third kappa shape index (κ3) is 9.13. The fourth-order valence-electron chi connectivity index (χ4n) is 1.88. The van der Waals surface area contributed by atoms with Crippen LogP contribution in [0.5, 0.6) is 0 Å². The molecule has 0 radical (unpaired) electrons. The summed E-state index contributed by atoms with van der Waals surface area (Å²) in [4.78, 5) is 2.37. The molecule has 0 spiro atoms. The molecule has 98 valence electrons. The molecule has 0 fully saturated rings. The van der Waals surface area contributed by atoms with E-state index in [2.05, 4.69) is 32.7 Å². The number of hydrogen-bond acceptors (Lipinski definition) is 3. The van der Waals surface area contributed by atoms with Gasteiger partial charge in [-0.2, -0.15) is 0 Å². The summed E-state index contributed by atoms with van der Waals surface area (Å²) in [6.07, 6.45) is 3.13. The number of nitrogens with zero attached hydrogens (tertiary/aromatic N) is 1. The van der Waals surface area contributed by atoms with Crippen molar-refractivity contribution in [3.63, 3.8) is 0 Å². The van der Waals surface area contributed by atoms with Crippen molar-refractivity contribution in [3.05, 3.63) is 0 Å². The Morgan fingerprint density at radius 1 is 1.12 bits per heavy atom. The van der Waals surface area contributed by atoms with Gasteiger partial charge in [0.15, 0.2) is 0 Å². The fourth-order valence-corrected chi connectivity index (χ4v) is 1.88. The number of aliphatic hydroxyl groups excluding tert-OH is 1. The highest BCUT2D eigenvalue weighted by molar-refractivity contribution is 4.77. The molecule has 0 saturated carbocycles. The van der Waals surface area contributed by atoms with Crippen molar-refractivity contribution >= 4 is 0 Å². The van der Waals surface area contributed by atoms with Crippen LogP contribution in [0.4, 0.5) is 0 Å². The monoisotopic (exact) mass is 230 g/mol. The quantitative estimate of drug-likeness (QED) is 0.656. The standard InChI is InChI=1S/C13H30N2O/c1-12(2,3)10-15(5)9-7-6-8-13(4,14)11-16/h16H,6-11,14H2,1-5H3. The number of unbranched alkanes of at least 4 members (excludes halogenated alkanes) is 1. The van der Waals surface area contributed by atoms with Gasteiger partial charge in [0.1, 0.15) is 0 Å². The van der Waals surface area contributed by atoms with E-state index in [4.69, 9.17) is 10.8 Å². The Morgan fingerprint density at radius 3 is 2.12 bits per heavy atom. The minimum atomic E-state index is -0.400. The lowest BCUT2D eigenvalue weighted by Gasteiger charge is -2.27. The second kappa shape index (κ2) is 6.58. The highest BCUT2D eigenvalue weighted by atomic mass is 16.3. The fraction of sp³-hybridized carbons (Fsp3) is 1.00. The second-order valence-corrected chi connectivity index (χ2v) is 6.57. The maximum Gasteiger partial charge on any atom is 0.0608 e. The Bertz CT molecular complexity index is 185. The van der Waals surface area contributed by atoms with Crippen molar-refractivity contribution in [1.29, 1.82) is 0 Å². The topological polar surface area (TPSA) is 49.5 Å². The van der Waals surface area contributed by atoms with E-state index in [0.29, 0.717) is 5.41 Å². The molecule has 3 N–H and O–H groups in total. The first-order valence-electron chi connectivity index (χ1n) is 6.25. The van der Waals surface area contributed by atoms with Gasteiger partial charge in [0.05, 0.1) is 6.61 Å². The van der Waals surface area contributed by atoms with Gasteiger partial charge in [-0.05, 0) is 38.8 Å². The van der Waals surface area contributed by atoms with Crippen LogP contribution in [0.2, 0.25) is 0 Å². The largest absolute Gasteiger partial charge is 0.394 e. The van der Waals surface area contributed by atoms with Crippen molar-refractivity contribution in [1.82, 2.24) is 4.90 Å². The molecule has 0 amide bonds. The van der Waals surface area contributed by atoms with Gasteiger partial charge in [-0.25, -0.2) is 0 Å². The van der Waals surface area contributed by atoms with E-state index in [-0.39, 0.29) is 6.61 Å². The predicted molar refractivity (Wildman–Crippen MR) is 70.5 cm³/mol. The molecule has 0 rings (SSSR count). The van der Waals surface area contributed by atoms with Crippen LogP contribution >= 0.6 is 0 Å². The van der Waals surface area contributed by atoms with Crippen molar-refractivity contribution in [2.75, 3.05) is 26.7 Å². The van der Waals surface area contributed by atoms with Gasteiger partial charge in [0, 0.05) is 12.1 Å². The average Bonchev–Trinajstić information content (AvgIpc) is 2.10. The Hall–Kier alpha value is -0.120. The van der Waals surface area contributed by atoms with Gasteiger partial charge >= 0.3 is 0 Å². The molecule has 3 nitrogen and oxygen atoms in total. The van der Waals surface area contributed by atoms with Crippen LogP contribution in [0.1, 0.15) is 47.0 Å². The molecular weight excluding hydrogens is 200 g/mol. The van der Waals surface area contributed by atoms with Crippen molar-refractivity contribution in [2.45, 2.75) is 52.5 Å². The molecule has 0 aromatic rings.